The number of unbranched alkanes of at least 4 members (excludes halogenated alkanes) is 10. The van der Waals surface area contributed by atoms with E-state index < -0.39 is 0 Å². The second kappa shape index (κ2) is 14.7. The lowest BCUT2D eigenvalue weighted by Crippen LogP contribution is -2.11. The van der Waals surface area contributed by atoms with E-state index in [2.05, 4.69) is 13.8 Å². The molecule has 2 nitrogen and oxygen atoms in total. The molecule has 0 atom stereocenters. The van der Waals surface area contributed by atoms with Crippen molar-refractivity contribution in [1.29, 1.82) is 0 Å². The minimum Gasteiger partial charge on any atom is -0.284 e. The highest BCUT2D eigenvalue weighted by Gasteiger charge is 2.21. The maximum Gasteiger partial charge on any atom is 0.244 e. The molecule has 2 rings (SSSR count). The van der Waals surface area contributed by atoms with E-state index >= 15 is 0 Å². The average molecular weight is 447 g/mol. The van der Waals surface area contributed by atoms with Crippen LogP contribution in [0.25, 0.3) is 0 Å². The Morgan fingerprint density at radius 2 is 0.967 bits per heavy atom. The lowest BCUT2D eigenvalue weighted by atomic mass is 10.1. The summed E-state index contributed by atoms with van der Waals surface area (Å²) in [7, 11) is 0. The molecule has 2 aromatic heterocycles. The molecule has 166 valence electrons. The van der Waals surface area contributed by atoms with Crippen LogP contribution in [-0.2, 0) is 12.8 Å². The zero-order chi connectivity index (χ0) is 21.6. The smallest absolute Gasteiger partial charge is 0.244 e. The van der Waals surface area contributed by atoms with Gasteiger partial charge in [0.05, 0.1) is 9.75 Å². The highest BCUT2D eigenvalue weighted by Crippen LogP contribution is 2.23. The Bertz CT molecular complexity index is 692. The average Bonchev–Trinajstić information content (AvgIpc) is 3.42. The zero-order valence-electron chi connectivity index (χ0n) is 18.8. The van der Waals surface area contributed by atoms with Crippen molar-refractivity contribution < 1.29 is 9.59 Å². The first-order valence-corrected chi connectivity index (χ1v) is 13.7. The number of Topliss-reactive ketones (excluding diaryl/α,β-unsaturated/α-hetero) is 2. The van der Waals surface area contributed by atoms with E-state index in [1.807, 2.05) is 22.9 Å². The van der Waals surface area contributed by atoms with E-state index in [4.69, 9.17) is 0 Å². The van der Waals surface area contributed by atoms with Crippen molar-refractivity contribution in [3.8, 4) is 0 Å². The molecule has 0 fully saturated rings. The van der Waals surface area contributed by atoms with Gasteiger partial charge in [-0.05, 0) is 59.7 Å². The molecule has 0 spiro atoms. The van der Waals surface area contributed by atoms with Crippen LogP contribution in [0.3, 0.4) is 0 Å². The number of aryl methyl sites for hydroxylation is 2. The third-order valence-corrected chi connectivity index (χ3v) is 7.55. The van der Waals surface area contributed by atoms with Crippen molar-refractivity contribution in [3.05, 3.63) is 43.8 Å². The van der Waals surface area contributed by atoms with Crippen molar-refractivity contribution in [3.63, 3.8) is 0 Å². The second-order valence-electron chi connectivity index (χ2n) is 8.33. The molecule has 0 radical (unpaired) electrons. The van der Waals surface area contributed by atoms with Gasteiger partial charge in [-0.2, -0.15) is 0 Å². The molecule has 2 aromatic rings. The molecule has 0 bridgehead atoms. The summed E-state index contributed by atoms with van der Waals surface area (Å²) in [6.45, 7) is 4.47. The van der Waals surface area contributed by atoms with Crippen molar-refractivity contribution in [1.82, 2.24) is 0 Å². The zero-order valence-corrected chi connectivity index (χ0v) is 20.5. The Kier molecular flexibility index (Phi) is 12.2. The quantitative estimate of drug-likeness (QED) is 0.138. The minimum atomic E-state index is -0.345. The van der Waals surface area contributed by atoms with Gasteiger partial charge < -0.3 is 0 Å². The van der Waals surface area contributed by atoms with Crippen LogP contribution in [0.2, 0.25) is 0 Å². The van der Waals surface area contributed by atoms with E-state index in [1.54, 1.807) is 0 Å². The number of rotatable bonds is 17. The fourth-order valence-electron chi connectivity index (χ4n) is 3.69. The summed E-state index contributed by atoms with van der Waals surface area (Å²) in [5, 5.41) is 4.09. The highest BCUT2D eigenvalue weighted by molar-refractivity contribution is 7.15. The fourth-order valence-corrected chi connectivity index (χ4v) is 5.46. The maximum absolute atomic E-state index is 12.6. The molecule has 0 N–H and O–H groups in total. The molecule has 0 aromatic carbocycles. The molecular weight excluding hydrogens is 408 g/mol. The van der Waals surface area contributed by atoms with E-state index in [0.717, 1.165) is 25.7 Å². The highest BCUT2D eigenvalue weighted by atomic mass is 32.1. The lowest BCUT2D eigenvalue weighted by molar-refractivity contribution is 0.0821. The summed E-state index contributed by atoms with van der Waals surface area (Å²) in [6.07, 6.45) is 17.2. The van der Waals surface area contributed by atoms with Crippen LogP contribution in [0.5, 0.6) is 0 Å². The Hall–Kier alpha value is -1.26. The number of ketones is 2. The van der Waals surface area contributed by atoms with Gasteiger partial charge in [0.1, 0.15) is 0 Å². The standard InChI is InChI=1S/C26H38O2S2/c1-3-5-7-9-11-13-15-21-17-23(29-19-21)25(27)26(28)24-18-22(20-30-24)16-14-12-10-8-6-4-2/h17-20H,3-16H2,1-2H3. The molecule has 2 heterocycles. The predicted octanol–water partition coefficient (Wildman–Crippen LogP) is 8.68. The summed E-state index contributed by atoms with van der Waals surface area (Å²) in [5.41, 5.74) is 2.39. The van der Waals surface area contributed by atoms with Gasteiger partial charge in [0.25, 0.3) is 0 Å². The van der Waals surface area contributed by atoms with Gasteiger partial charge in [-0.25, -0.2) is 0 Å². The third-order valence-electron chi connectivity index (χ3n) is 5.60. The van der Waals surface area contributed by atoms with Gasteiger partial charge in [-0.15, -0.1) is 22.7 Å². The van der Waals surface area contributed by atoms with E-state index in [-0.39, 0.29) is 11.6 Å². The first-order chi connectivity index (χ1) is 14.7. The molecule has 30 heavy (non-hydrogen) atoms. The molecule has 0 saturated carbocycles. The Morgan fingerprint density at radius 3 is 1.37 bits per heavy atom. The number of carbonyl (C=O) groups excluding carboxylic acids is 2. The van der Waals surface area contributed by atoms with E-state index in [0.29, 0.717) is 9.75 Å². The third kappa shape index (κ3) is 8.85. The molecule has 0 aliphatic rings. The van der Waals surface area contributed by atoms with E-state index in [1.165, 1.54) is 98.0 Å². The minimum absolute atomic E-state index is 0.345. The fraction of sp³-hybridized carbons (Fsp3) is 0.615. The van der Waals surface area contributed by atoms with E-state index in [9.17, 15) is 9.59 Å². The summed E-state index contributed by atoms with van der Waals surface area (Å²) < 4.78 is 0. The largest absolute Gasteiger partial charge is 0.284 e. The molecule has 0 unspecified atom stereocenters. The van der Waals surface area contributed by atoms with Gasteiger partial charge in [0.15, 0.2) is 0 Å². The Balaban J connectivity index is 1.75. The van der Waals surface area contributed by atoms with Crippen LogP contribution in [0, 0.1) is 0 Å². The Labute approximate surface area is 191 Å². The molecule has 4 heteroatoms. The van der Waals surface area contributed by atoms with Gasteiger partial charge in [-0.1, -0.05) is 78.1 Å². The number of thiophene rings is 2. The number of hydrogen-bond donors (Lipinski definition) is 0. The first kappa shape index (κ1) is 25.0. The normalized spacial score (nSPS) is 11.1. The Morgan fingerprint density at radius 1 is 0.600 bits per heavy atom. The van der Waals surface area contributed by atoms with Crippen molar-refractivity contribution in [2.24, 2.45) is 0 Å². The molecule has 0 aliphatic heterocycles. The van der Waals surface area contributed by atoms with Crippen LogP contribution in [-0.4, -0.2) is 11.6 Å². The van der Waals surface area contributed by atoms with Crippen LogP contribution >= 0.6 is 22.7 Å². The summed E-state index contributed by atoms with van der Waals surface area (Å²) in [6, 6.07) is 3.86. The van der Waals surface area contributed by atoms with Gasteiger partial charge >= 0.3 is 0 Å². The molecular formula is C26H38O2S2. The van der Waals surface area contributed by atoms with Crippen LogP contribution in [0.1, 0.15) is 121 Å². The molecule has 0 saturated heterocycles. The first-order valence-electron chi connectivity index (χ1n) is 11.9. The van der Waals surface area contributed by atoms with Crippen molar-refractivity contribution >= 4 is 34.2 Å². The van der Waals surface area contributed by atoms with Crippen LogP contribution in [0.15, 0.2) is 22.9 Å². The summed E-state index contributed by atoms with van der Waals surface area (Å²) >= 11 is 2.83. The van der Waals surface area contributed by atoms with Crippen LogP contribution in [0.4, 0.5) is 0 Å². The predicted molar refractivity (Wildman–Crippen MR) is 131 cm³/mol. The summed E-state index contributed by atoms with van der Waals surface area (Å²) in [5.74, 6) is -0.690. The second-order valence-corrected chi connectivity index (χ2v) is 10.2. The van der Waals surface area contributed by atoms with Gasteiger partial charge in [-0.3, -0.25) is 9.59 Å². The van der Waals surface area contributed by atoms with Crippen molar-refractivity contribution in [2.45, 2.75) is 104 Å². The number of carbonyl (C=O) groups is 2. The maximum atomic E-state index is 12.6. The SMILES string of the molecule is CCCCCCCCc1csc(C(=O)C(=O)c2cc(CCCCCCCC)cs2)c1. The lowest BCUT2D eigenvalue weighted by Gasteiger charge is -1.99. The van der Waals surface area contributed by atoms with Gasteiger partial charge in [0.2, 0.25) is 11.6 Å². The topological polar surface area (TPSA) is 34.1 Å². The molecule has 0 aliphatic carbocycles. The van der Waals surface area contributed by atoms with Crippen molar-refractivity contribution in [2.75, 3.05) is 0 Å². The van der Waals surface area contributed by atoms with Gasteiger partial charge in [0, 0.05) is 0 Å². The number of hydrogen-bond acceptors (Lipinski definition) is 4. The molecule has 0 amide bonds. The monoisotopic (exact) mass is 446 g/mol. The summed E-state index contributed by atoms with van der Waals surface area (Å²) in [4.78, 5) is 26.5. The van der Waals surface area contributed by atoms with Crippen LogP contribution < -0.4 is 0 Å².